The van der Waals surface area contributed by atoms with Crippen LogP contribution in [-0.2, 0) is 0 Å². The average molecular weight is 235 g/mol. The fraction of sp³-hybridized carbons (Fsp3) is 0.600. The molecule has 1 aliphatic rings. The molecular formula is C15H22FN. The van der Waals surface area contributed by atoms with E-state index in [-0.39, 0.29) is 5.82 Å². The van der Waals surface area contributed by atoms with Gasteiger partial charge in [-0.1, -0.05) is 19.9 Å². The highest BCUT2D eigenvalue weighted by atomic mass is 19.1. The van der Waals surface area contributed by atoms with Crippen molar-refractivity contribution in [2.24, 2.45) is 11.8 Å². The summed E-state index contributed by atoms with van der Waals surface area (Å²) in [6.45, 7) is 4.62. The summed E-state index contributed by atoms with van der Waals surface area (Å²) in [4.78, 5) is 0. The van der Waals surface area contributed by atoms with E-state index in [9.17, 15) is 4.39 Å². The summed E-state index contributed by atoms with van der Waals surface area (Å²) in [6, 6.07) is 7.29. The van der Waals surface area contributed by atoms with Gasteiger partial charge in [0, 0.05) is 11.7 Å². The number of anilines is 1. The second-order valence-electron chi connectivity index (χ2n) is 5.51. The van der Waals surface area contributed by atoms with Gasteiger partial charge in [-0.3, -0.25) is 0 Å². The molecule has 1 nitrogen and oxygen atoms in total. The Morgan fingerprint density at radius 2 is 1.88 bits per heavy atom. The van der Waals surface area contributed by atoms with Gasteiger partial charge in [0.1, 0.15) is 5.82 Å². The number of halogens is 1. The van der Waals surface area contributed by atoms with E-state index in [1.54, 1.807) is 12.1 Å². The van der Waals surface area contributed by atoms with Crippen LogP contribution >= 0.6 is 0 Å². The topological polar surface area (TPSA) is 12.0 Å². The first-order valence-corrected chi connectivity index (χ1v) is 6.67. The van der Waals surface area contributed by atoms with Crippen LogP contribution < -0.4 is 5.32 Å². The standard InChI is InChI=1S/C15H22FN/c1-11(2)12-6-8-14(9-7-12)17-15-5-3-4-13(16)10-15/h3-5,10-12,14,17H,6-9H2,1-2H3/t12-,14-. The van der Waals surface area contributed by atoms with Gasteiger partial charge in [0.15, 0.2) is 0 Å². The number of rotatable bonds is 3. The van der Waals surface area contributed by atoms with Crippen molar-refractivity contribution in [1.29, 1.82) is 0 Å². The van der Waals surface area contributed by atoms with Crippen molar-refractivity contribution in [2.75, 3.05) is 5.32 Å². The van der Waals surface area contributed by atoms with E-state index in [1.165, 1.54) is 31.7 Å². The van der Waals surface area contributed by atoms with Gasteiger partial charge in [-0.25, -0.2) is 4.39 Å². The third-order valence-electron chi connectivity index (χ3n) is 3.91. The van der Waals surface area contributed by atoms with Gasteiger partial charge in [-0.15, -0.1) is 0 Å². The van der Waals surface area contributed by atoms with Crippen LogP contribution in [0, 0.1) is 17.7 Å². The molecule has 2 rings (SSSR count). The fourth-order valence-electron chi connectivity index (χ4n) is 2.74. The van der Waals surface area contributed by atoms with Crippen molar-refractivity contribution in [1.82, 2.24) is 0 Å². The van der Waals surface area contributed by atoms with Gasteiger partial charge in [0.25, 0.3) is 0 Å². The number of benzene rings is 1. The zero-order valence-corrected chi connectivity index (χ0v) is 10.7. The Morgan fingerprint density at radius 1 is 1.18 bits per heavy atom. The van der Waals surface area contributed by atoms with E-state index in [2.05, 4.69) is 19.2 Å². The van der Waals surface area contributed by atoms with Crippen molar-refractivity contribution >= 4 is 5.69 Å². The summed E-state index contributed by atoms with van der Waals surface area (Å²) in [5, 5.41) is 3.44. The third kappa shape index (κ3) is 3.45. The normalized spacial score (nSPS) is 24.9. The minimum Gasteiger partial charge on any atom is -0.382 e. The molecule has 94 valence electrons. The Bertz CT molecular complexity index is 354. The van der Waals surface area contributed by atoms with E-state index in [0.29, 0.717) is 6.04 Å². The minimum atomic E-state index is -0.161. The summed E-state index contributed by atoms with van der Waals surface area (Å²) < 4.78 is 13.0. The maximum absolute atomic E-state index is 13.0. The van der Waals surface area contributed by atoms with Crippen molar-refractivity contribution in [3.63, 3.8) is 0 Å². The van der Waals surface area contributed by atoms with E-state index in [4.69, 9.17) is 0 Å². The van der Waals surface area contributed by atoms with Crippen molar-refractivity contribution in [3.8, 4) is 0 Å². The van der Waals surface area contributed by atoms with Gasteiger partial charge in [0.2, 0.25) is 0 Å². The average Bonchev–Trinajstić information content (AvgIpc) is 2.29. The molecule has 0 bridgehead atoms. The summed E-state index contributed by atoms with van der Waals surface area (Å²) in [6.07, 6.45) is 5.01. The molecule has 0 aliphatic heterocycles. The maximum Gasteiger partial charge on any atom is 0.125 e. The molecular weight excluding hydrogens is 213 g/mol. The van der Waals surface area contributed by atoms with Gasteiger partial charge in [-0.05, 0) is 55.7 Å². The molecule has 1 N–H and O–H groups in total. The predicted molar refractivity (Wildman–Crippen MR) is 70.6 cm³/mol. The Kier molecular flexibility index (Phi) is 4.03. The number of hydrogen-bond acceptors (Lipinski definition) is 1. The SMILES string of the molecule is CC(C)[C@H]1CC[C@H](Nc2cccc(F)c2)CC1. The van der Waals surface area contributed by atoms with Crippen molar-refractivity contribution < 1.29 is 4.39 Å². The maximum atomic E-state index is 13.0. The highest BCUT2D eigenvalue weighted by Gasteiger charge is 2.22. The van der Waals surface area contributed by atoms with E-state index in [1.807, 2.05) is 6.07 Å². The number of hydrogen-bond donors (Lipinski definition) is 1. The molecule has 0 amide bonds. The van der Waals surface area contributed by atoms with Crippen LogP contribution in [0.1, 0.15) is 39.5 Å². The van der Waals surface area contributed by atoms with Crippen LogP contribution in [0.4, 0.5) is 10.1 Å². The minimum absolute atomic E-state index is 0.161. The van der Waals surface area contributed by atoms with Crippen molar-refractivity contribution in [2.45, 2.75) is 45.6 Å². The third-order valence-corrected chi connectivity index (χ3v) is 3.91. The van der Waals surface area contributed by atoms with Gasteiger partial charge >= 0.3 is 0 Å². The lowest BCUT2D eigenvalue weighted by molar-refractivity contribution is 0.267. The molecule has 0 aromatic heterocycles. The lowest BCUT2D eigenvalue weighted by Gasteiger charge is -2.31. The lowest BCUT2D eigenvalue weighted by Crippen LogP contribution is -2.27. The Morgan fingerprint density at radius 3 is 2.47 bits per heavy atom. The fourth-order valence-corrected chi connectivity index (χ4v) is 2.74. The van der Waals surface area contributed by atoms with Crippen LogP contribution in [0.15, 0.2) is 24.3 Å². The van der Waals surface area contributed by atoms with Crippen LogP contribution in [-0.4, -0.2) is 6.04 Å². The molecule has 0 heterocycles. The molecule has 0 radical (unpaired) electrons. The molecule has 1 aromatic rings. The van der Waals surface area contributed by atoms with Gasteiger partial charge in [0.05, 0.1) is 0 Å². The molecule has 17 heavy (non-hydrogen) atoms. The molecule has 1 saturated carbocycles. The Balaban J connectivity index is 1.86. The first kappa shape index (κ1) is 12.4. The molecule has 0 spiro atoms. The van der Waals surface area contributed by atoms with Crippen LogP contribution in [0.5, 0.6) is 0 Å². The quantitative estimate of drug-likeness (QED) is 0.816. The first-order chi connectivity index (χ1) is 8.15. The summed E-state index contributed by atoms with van der Waals surface area (Å²) in [7, 11) is 0. The van der Waals surface area contributed by atoms with Crippen molar-refractivity contribution in [3.05, 3.63) is 30.1 Å². The van der Waals surface area contributed by atoms with Gasteiger partial charge in [-0.2, -0.15) is 0 Å². The second kappa shape index (κ2) is 5.52. The second-order valence-corrected chi connectivity index (χ2v) is 5.51. The highest BCUT2D eigenvalue weighted by Crippen LogP contribution is 2.31. The molecule has 0 saturated heterocycles. The summed E-state index contributed by atoms with van der Waals surface area (Å²) in [5.41, 5.74) is 0.915. The lowest BCUT2D eigenvalue weighted by atomic mass is 9.79. The van der Waals surface area contributed by atoms with Crippen LogP contribution in [0.2, 0.25) is 0 Å². The summed E-state index contributed by atoms with van der Waals surface area (Å²) in [5.74, 6) is 1.51. The highest BCUT2D eigenvalue weighted by molar-refractivity contribution is 5.44. The molecule has 1 fully saturated rings. The Labute approximate surface area is 103 Å². The predicted octanol–water partition coefficient (Wildman–Crippen LogP) is 4.45. The van der Waals surface area contributed by atoms with Gasteiger partial charge < -0.3 is 5.32 Å². The first-order valence-electron chi connectivity index (χ1n) is 6.67. The van der Waals surface area contributed by atoms with Crippen LogP contribution in [0.25, 0.3) is 0 Å². The monoisotopic (exact) mass is 235 g/mol. The molecule has 2 heteroatoms. The van der Waals surface area contributed by atoms with E-state index < -0.39 is 0 Å². The smallest absolute Gasteiger partial charge is 0.125 e. The molecule has 1 aliphatic carbocycles. The number of nitrogens with one attached hydrogen (secondary N) is 1. The molecule has 0 atom stereocenters. The molecule has 1 aromatic carbocycles. The van der Waals surface area contributed by atoms with Crippen LogP contribution in [0.3, 0.4) is 0 Å². The van der Waals surface area contributed by atoms with E-state index >= 15 is 0 Å². The zero-order valence-electron chi connectivity index (χ0n) is 10.7. The Hall–Kier alpha value is -1.05. The van der Waals surface area contributed by atoms with E-state index in [0.717, 1.165) is 17.5 Å². The zero-order chi connectivity index (χ0) is 12.3. The molecule has 0 unspecified atom stereocenters. The summed E-state index contributed by atoms with van der Waals surface area (Å²) >= 11 is 0. The largest absolute Gasteiger partial charge is 0.382 e.